The lowest BCUT2D eigenvalue weighted by molar-refractivity contribution is -0.125. The molecule has 132 valence electrons. The number of halogens is 1. The van der Waals surface area contributed by atoms with Crippen LogP contribution in [0.15, 0.2) is 48.5 Å². The highest BCUT2D eigenvalue weighted by Gasteiger charge is 2.11. The van der Waals surface area contributed by atoms with Crippen molar-refractivity contribution in [1.82, 2.24) is 16.0 Å². The van der Waals surface area contributed by atoms with Gasteiger partial charge in [-0.15, -0.1) is 12.4 Å². The third-order valence-corrected chi connectivity index (χ3v) is 4.04. The predicted octanol–water partition coefficient (Wildman–Crippen LogP) is 1.69. The molecule has 1 aliphatic rings. The Bertz CT molecular complexity index is 735. The maximum atomic E-state index is 11.9. The second kappa shape index (κ2) is 9.20. The lowest BCUT2D eigenvalue weighted by atomic mass is 10.1. The number of hydrogen-bond donors (Lipinski definition) is 3. The van der Waals surface area contributed by atoms with E-state index in [1.807, 2.05) is 36.4 Å². The zero-order valence-corrected chi connectivity index (χ0v) is 14.7. The van der Waals surface area contributed by atoms with Crippen molar-refractivity contribution in [3.8, 4) is 0 Å². The van der Waals surface area contributed by atoms with Crippen LogP contribution in [0.5, 0.6) is 0 Å². The second-order valence-corrected chi connectivity index (χ2v) is 5.92. The number of amides is 2. The second-order valence-electron chi connectivity index (χ2n) is 5.92. The Morgan fingerprint density at radius 1 is 0.880 bits per heavy atom. The summed E-state index contributed by atoms with van der Waals surface area (Å²) < 4.78 is 0. The van der Waals surface area contributed by atoms with E-state index in [0.717, 1.165) is 24.2 Å². The van der Waals surface area contributed by atoms with Crippen LogP contribution >= 0.6 is 12.4 Å². The van der Waals surface area contributed by atoms with Gasteiger partial charge in [0.05, 0.1) is 13.0 Å². The van der Waals surface area contributed by atoms with Crippen LogP contribution in [0.2, 0.25) is 0 Å². The molecule has 1 aliphatic heterocycles. The minimum Gasteiger partial charge on any atom is -0.350 e. The van der Waals surface area contributed by atoms with Crippen LogP contribution in [-0.4, -0.2) is 18.4 Å². The standard InChI is InChI=1S/C19H21N3O2.ClH/c23-18(9-14-4-2-1-3-5-14)22-13-19(24)21-10-15-6-7-16-11-20-12-17(16)8-15;/h1-8,20H,9-13H2,(H,21,24)(H,22,23);1H. The van der Waals surface area contributed by atoms with Gasteiger partial charge in [0.25, 0.3) is 0 Å². The fraction of sp³-hybridized carbons (Fsp3) is 0.263. The molecule has 0 aliphatic carbocycles. The molecule has 0 aromatic heterocycles. The first-order valence-electron chi connectivity index (χ1n) is 8.09. The third kappa shape index (κ3) is 5.59. The summed E-state index contributed by atoms with van der Waals surface area (Å²) in [6.07, 6.45) is 0.284. The quantitative estimate of drug-likeness (QED) is 0.735. The summed E-state index contributed by atoms with van der Waals surface area (Å²) >= 11 is 0. The highest BCUT2D eigenvalue weighted by atomic mass is 35.5. The van der Waals surface area contributed by atoms with Crippen LogP contribution in [0.25, 0.3) is 0 Å². The Balaban J connectivity index is 0.00000225. The molecule has 0 radical (unpaired) electrons. The average Bonchev–Trinajstić information content (AvgIpc) is 3.07. The van der Waals surface area contributed by atoms with Crippen LogP contribution in [0.4, 0.5) is 0 Å². The summed E-state index contributed by atoms with van der Waals surface area (Å²) in [6, 6.07) is 15.7. The van der Waals surface area contributed by atoms with Crippen molar-refractivity contribution >= 4 is 24.2 Å². The van der Waals surface area contributed by atoms with E-state index in [1.54, 1.807) is 0 Å². The van der Waals surface area contributed by atoms with Gasteiger partial charge in [0.1, 0.15) is 0 Å². The van der Waals surface area contributed by atoms with Gasteiger partial charge >= 0.3 is 0 Å². The molecule has 5 nitrogen and oxygen atoms in total. The summed E-state index contributed by atoms with van der Waals surface area (Å²) in [5.41, 5.74) is 4.61. The van der Waals surface area contributed by atoms with E-state index < -0.39 is 0 Å². The van der Waals surface area contributed by atoms with Crippen molar-refractivity contribution in [3.05, 3.63) is 70.8 Å². The Kier molecular flexibility index (Phi) is 6.98. The Morgan fingerprint density at radius 3 is 2.44 bits per heavy atom. The molecule has 0 atom stereocenters. The van der Waals surface area contributed by atoms with Gasteiger partial charge in [0.2, 0.25) is 11.8 Å². The zero-order chi connectivity index (χ0) is 16.8. The Morgan fingerprint density at radius 2 is 1.64 bits per heavy atom. The molecule has 25 heavy (non-hydrogen) atoms. The molecule has 0 unspecified atom stereocenters. The van der Waals surface area contributed by atoms with Gasteiger partial charge in [-0.2, -0.15) is 0 Å². The minimum absolute atomic E-state index is 0. The molecular weight excluding hydrogens is 338 g/mol. The number of hydrogen-bond acceptors (Lipinski definition) is 3. The molecule has 2 aromatic rings. The number of rotatable bonds is 6. The summed E-state index contributed by atoms with van der Waals surface area (Å²) in [5.74, 6) is -0.338. The van der Waals surface area contributed by atoms with Gasteiger partial charge in [0, 0.05) is 19.6 Å². The van der Waals surface area contributed by atoms with E-state index in [4.69, 9.17) is 0 Å². The van der Waals surface area contributed by atoms with E-state index in [-0.39, 0.29) is 37.2 Å². The number of carbonyl (C=O) groups excluding carboxylic acids is 2. The van der Waals surface area contributed by atoms with Crippen LogP contribution < -0.4 is 16.0 Å². The van der Waals surface area contributed by atoms with Gasteiger partial charge in [-0.1, -0.05) is 48.5 Å². The number of carbonyl (C=O) groups is 2. The fourth-order valence-electron chi connectivity index (χ4n) is 2.74. The lowest BCUT2D eigenvalue weighted by Crippen LogP contribution is -2.37. The van der Waals surface area contributed by atoms with Crippen molar-refractivity contribution in [2.75, 3.05) is 6.54 Å². The normalized spacial score (nSPS) is 12.0. The molecule has 1 heterocycles. The first-order chi connectivity index (χ1) is 11.7. The number of fused-ring (bicyclic) bond motifs is 1. The van der Waals surface area contributed by atoms with E-state index in [9.17, 15) is 9.59 Å². The molecule has 0 fully saturated rings. The third-order valence-electron chi connectivity index (χ3n) is 4.04. The first kappa shape index (κ1) is 19.0. The molecule has 3 rings (SSSR count). The van der Waals surface area contributed by atoms with E-state index >= 15 is 0 Å². The predicted molar refractivity (Wildman–Crippen MR) is 99.2 cm³/mol. The SMILES string of the molecule is Cl.O=C(CNC(=O)Cc1ccccc1)NCc1ccc2c(c1)CNC2. The van der Waals surface area contributed by atoms with Gasteiger partial charge in [-0.3, -0.25) is 9.59 Å². The van der Waals surface area contributed by atoms with Crippen molar-refractivity contribution in [1.29, 1.82) is 0 Å². The summed E-state index contributed by atoms with van der Waals surface area (Å²) in [4.78, 5) is 23.7. The zero-order valence-electron chi connectivity index (χ0n) is 13.9. The molecule has 0 bridgehead atoms. The molecule has 2 amide bonds. The molecular formula is C19H22ClN3O2. The van der Waals surface area contributed by atoms with Gasteiger partial charge in [0.15, 0.2) is 0 Å². The van der Waals surface area contributed by atoms with Crippen LogP contribution in [0, 0.1) is 0 Å². The summed E-state index contributed by atoms with van der Waals surface area (Å²) in [5, 5.41) is 8.78. The van der Waals surface area contributed by atoms with Crippen LogP contribution in [0.1, 0.15) is 22.3 Å². The highest BCUT2D eigenvalue weighted by molar-refractivity contribution is 5.86. The Labute approximate surface area is 153 Å². The topological polar surface area (TPSA) is 70.2 Å². The highest BCUT2D eigenvalue weighted by Crippen LogP contribution is 2.16. The summed E-state index contributed by atoms with van der Waals surface area (Å²) in [7, 11) is 0. The van der Waals surface area contributed by atoms with Crippen molar-refractivity contribution in [3.63, 3.8) is 0 Å². The molecule has 0 spiro atoms. The molecule has 6 heteroatoms. The fourth-order valence-corrected chi connectivity index (χ4v) is 2.74. The van der Waals surface area contributed by atoms with E-state index in [0.29, 0.717) is 6.54 Å². The number of nitrogens with one attached hydrogen (secondary N) is 3. The van der Waals surface area contributed by atoms with Gasteiger partial charge in [-0.25, -0.2) is 0 Å². The largest absolute Gasteiger partial charge is 0.350 e. The molecule has 0 saturated heterocycles. The minimum atomic E-state index is -0.185. The van der Waals surface area contributed by atoms with Crippen molar-refractivity contribution in [2.45, 2.75) is 26.1 Å². The van der Waals surface area contributed by atoms with Crippen molar-refractivity contribution < 1.29 is 9.59 Å². The van der Waals surface area contributed by atoms with E-state index in [2.05, 4.69) is 28.1 Å². The molecule has 2 aromatic carbocycles. The van der Waals surface area contributed by atoms with Gasteiger partial charge < -0.3 is 16.0 Å². The molecule has 3 N–H and O–H groups in total. The smallest absolute Gasteiger partial charge is 0.239 e. The van der Waals surface area contributed by atoms with Crippen LogP contribution in [0.3, 0.4) is 0 Å². The van der Waals surface area contributed by atoms with Crippen LogP contribution in [-0.2, 0) is 35.6 Å². The maximum absolute atomic E-state index is 11.9. The monoisotopic (exact) mass is 359 g/mol. The lowest BCUT2D eigenvalue weighted by Gasteiger charge is -2.08. The summed E-state index contributed by atoms with van der Waals surface area (Å²) in [6.45, 7) is 2.26. The maximum Gasteiger partial charge on any atom is 0.239 e. The first-order valence-corrected chi connectivity index (χ1v) is 8.09. The Hall–Kier alpha value is -2.37. The molecule has 0 saturated carbocycles. The van der Waals surface area contributed by atoms with E-state index in [1.165, 1.54) is 11.1 Å². The van der Waals surface area contributed by atoms with Crippen molar-refractivity contribution in [2.24, 2.45) is 0 Å². The average molecular weight is 360 g/mol. The van der Waals surface area contributed by atoms with Gasteiger partial charge in [-0.05, 0) is 22.3 Å². The number of benzene rings is 2.